The quantitative estimate of drug-likeness (QED) is 0.474. The van der Waals surface area contributed by atoms with Gasteiger partial charge in [0, 0.05) is 28.1 Å². The number of aromatic nitrogens is 3. The Hall–Kier alpha value is -3.74. The van der Waals surface area contributed by atoms with Gasteiger partial charge in [-0.25, -0.2) is 0 Å². The number of anilines is 1. The van der Waals surface area contributed by atoms with Crippen LogP contribution < -0.4 is 5.32 Å². The fourth-order valence-corrected chi connectivity index (χ4v) is 3.26. The van der Waals surface area contributed by atoms with E-state index in [4.69, 9.17) is 4.42 Å². The minimum absolute atomic E-state index is 0.0170. The Labute approximate surface area is 173 Å². The summed E-state index contributed by atoms with van der Waals surface area (Å²) in [5, 5.41) is 12.2. The lowest BCUT2D eigenvalue weighted by Crippen LogP contribution is -2.19. The number of carbonyl (C=O) groups excluding carboxylic acids is 2. The maximum atomic E-state index is 12.8. The second kappa shape index (κ2) is 7.94. The van der Waals surface area contributed by atoms with Crippen molar-refractivity contribution >= 4 is 28.3 Å². The van der Waals surface area contributed by atoms with Crippen LogP contribution in [0.1, 0.15) is 42.9 Å². The summed E-state index contributed by atoms with van der Waals surface area (Å²) in [7, 11) is 0. The molecule has 30 heavy (non-hydrogen) atoms. The topological polar surface area (TPSA) is 90.0 Å². The molecule has 0 bridgehead atoms. The first kappa shape index (κ1) is 19.6. The van der Waals surface area contributed by atoms with Crippen LogP contribution in [0.4, 0.5) is 5.69 Å². The van der Waals surface area contributed by atoms with Gasteiger partial charge in [0.25, 0.3) is 5.89 Å². The molecule has 7 heteroatoms. The molecule has 2 aromatic carbocycles. The van der Waals surface area contributed by atoms with Gasteiger partial charge in [0.15, 0.2) is 5.78 Å². The summed E-state index contributed by atoms with van der Waals surface area (Å²) in [5.74, 6) is 0.837. The minimum atomic E-state index is -0.197. The first-order valence-electron chi connectivity index (χ1n) is 9.75. The van der Waals surface area contributed by atoms with Gasteiger partial charge in [-0.15, -0.1) is 10.2 Å². The molecule has 0 saturated carbocycles. The van der Waals surface area contributed by atoms with Gasteiger partial charge >= 0.3 is 0 Å². The van der Waals surface area contributed by atoms with Crippen LogP contribution in [0.3, 0.4) is 0 Å². The van der Waals surface area contributed by atoms with E-state index in [1.807, 2.05) is 48.7 Å². The fourth-order valence-electron chi connectivity index (χ4n) is 3.26. The van der Waals surface area contributed by atoms with E-state index in [1.54, 1.807) is 24.3 Å². The summed E-state index contributed by atoms with van der Waals surface area (Å²) in [6, 6.07) is 16.6. The Balaban J connectivity index is 1.64. The number of rotatable bonds is 6. The molecule has 4 rings (SSSR count). The number of nitrogens with zero attached hydrogens (tertiary/aromatic N) is 3. The van der Waals surface area contributed by atoms with Gasteiger partial charge < -0.3 is 14.3 Å². The van der Waals surface area contributed by atoms with Crippen molar-refractivity contribution < 1.29 is 14.0 Å². The maximum Gasteiger partial charge on any atom is 0.264 e. The van der Waals surface area contributed by atoms with E-state index in [0.29, 0.717) is 28.7 Å². The van der Waals surface area contributed by atoms with Crippen LogP contribution in [-0.2, 0) is 11.3 Å². The maximum absolute atomic E-state index is 12.8. The van der Waals surface area contributed by atoms with Gasteiger partial charge in [-0.1, -0.05) is 32.0 Å². The van der Waals surface area contributed by atoms with Crippen molar-refractivity contribution in [2.45, 2.75) is 33.2 Å². The molecule has 2 heterocycles. The molecule has 0 unspecified atom stereocenters. The number of benzene rings is 2. The molecule has 2 aromatic heterocycles. The largest absolute Gasteiger partial charge is 0.419 e. The molecule has 1 amide bonds. The number of fused-ring (bicyclic) bond motifs is 1. The van der Waals surface area contributed by atoms with Gasteiger partial charge in [0.1, 0.15) is 12.2 Å². The van der Waals surface area contributed by atoms with Crippen LogP contribution in [0.25, 0.3) is 22.5 Å². The zero-order valence-electron chi connectivity index (χ0n) is 17.0. The third-order valence-corrected chi connectivity index (χ3v) is 4.84. The summed E-state index contributed by atoms with van der Waals surface area (Å²) in [6.07, 6.45) is 0. The summed E-state index contributed by atoms with van der Waals surface area (Å²) in [4.78, 5) is 24.2. The predicted octanol–water partition coefficient (Wildman–Crippen LogP) is 4.66. The number of nitrogens with one attached hydrogen (secondary N) is 1. The molecule has 0 aliphatic heterocycles. The summed E-state index contributed by atoms with van der Waals surface area (Å²) in [5.41, 5.74) is 2.82. The average molecular weight is 402 g/mol. The molecular weight excluding hydrogens is 380 g/mol. The first-order valence-corrected chi connectivity index (χ1v) is 9.75. The fraction of sp³-hybridized carbons (Fsp3) is 0.217. The molecule has 1 N–H and O–H groups in total. The molecule has 7 nitrogen and oxygen atoms in total. The van der Waals surface area contributed by atoms with E-state index < -0.39 is 0 Å². The van der Waals surface area contributed by atoms with E-state index in [-0.39, 0.29) is 24.2 Å². The zero-order chi connectivity index (χ0) is 21.3. The highest BCUT2D eigenvalue weighted by molar-refractivity contribution is 5.96. The number of carbonyl (C=O) groups is 2. The minimum Gasteiger partial charge on any atom is -0.419 e. The highest BCUT2D eigenvalue weighted by atomic mass is 16.4. The Bertz CT molecular complexity index is 1220. The summed E-state index contributed by atoms with van der Waals surface area (Å²) >= 11 is 0. The molecule has 0 atom stereocenters. The van der Waals surface area contributed by atoms with Crippen molar-refractivity contribution in [1.82, 2.24) is 14.8 Å². The summed E-state index contributed by atoms with van der Waals surface area (Å²) < 4.78 is 7.70. The number of hydrogen-bond donors (Lipinski definition) is 1. The Morgan fingerprint density at radius 3 is 2.47 bits per heavy atom. The lowest BCUT2D eigenvalue weighted by molar-refractivity contribution is -0.116. The number of amides is 1. The Morgan fingerprint density at radius 1 is 1.07 bits per heavy atom. The van der Waals surface area contributed by atoms with E-state index >= 15 is 0 Å². The van der Waals surface area contributed by atoms with Crippen LogP contribution in [0.2, 0.25) is 0 Å². The first-order chi connectivity index (χ1) is 14.4. The Kier molecular flexibility index (Phi) is 5.18. The van der Waals surface area contributed by atoms with E-state index in [2.05, 4.69) is 15.5 Å². The monoisotopic (exact) mass is 402 g/mol. The average Bonchev–Trinajstić information content (AvgIpc) is 3.34. The molecular formula is C23H22N4O3. The second-order valence-corrected chi connectivity index (χ2v) is 7.46. The van der Waals surface area contributed by atoms with Crippen LogP contribution in [0.5, 0.6) is 0 Å². The van der Waals surface area contributed by atoms with Crippen molar-refractivity contribution in [2.75, 3.05) is 5.32 Å². The zero-order valence-corrected chi connectivity index (χ0v) is 17.0. The lowest BCUT2D eigenvalue weighted by atomic mass is 10.1. The number of ketones is 1. The molecule has 152 valence electrons. The highest BCUT2D eigenvalue weighted by Gasteiger charge is 2.19. The number of hydrogen-bond acceptors (Lipinski definition) is 5. The predicted molar refractivity (Wildman–Crippen MR) is 114 cm³/mol. The van der Waals surface area contributed by atoms with Gasteiger partial charge in [0.05, 0.1) is 0 Å². The van der Waals surface area contributed by atoms with Crippen LogP contribution in [0, 0.1) is 0 Å². The Morgan fingerprint density at radius 2 is 1.80 bits per heavy atom. The molecule has 4 aromatic rings. The van der Waals surface area contributed by atoms with Gasteiger partial charge in [-0.05, 0) is 43.3 Å². The number of para-hydroxylation sites is 1. The van der Waals surface area contributed by atoms with Crippen LogP contribution >= 0.6 is 0 Å². The molecule has 0 aliphatic carbocycles. The number of Topliss-reactive ketones (excluding diaryl/α,β-unsaturated/α-hetero) is 1. The third kappa shape index (κ3) is 3.87. The molecule has 0 radical (unpaired) electrons. The van der Waals surface area contributed by atoms with Crippen molar-refractivity contribution in [3.63, 3.8) is 0 Å². The standard InChI is InChI=1S/C23H22N4O3/c1-14(2)22-25-26-23(30-22)20-12-17-6-4-5-7-19(17)27(20)13-21(29)24-18-10-8-16(9-11-18)15(3)28/h4-12,14H,13H2,1-3H3,(H,24,29). The van der Waals surface area contributed by atoms with Crippen molar-refractivity contribution in [2.24, 2.45) is 0 Å². The molecule has 0 aliphatic rings. The van der Waals surface area contributed by atoms with Gasteiger partial charge in [-0.2, -0.15) is 0 Å². The van der Waals surface area contributed by atoms with E-state index in [1.165, 1.54) is 6.92 Å². The van der Waals surface area contributed by atoms with E-state index in [9.17, 15) is 9.59 Å². The SMILES string of the molecule is CC(=O)c1ccc(NC(=O)Cn2c(-c3nnc(C(C)C)o3)cc3ccccc32)cc1. The smallest absolute Gasteiger partial charge is 0.264 e. The molecule has 0 saturated heterocycles. The van der Waals surface area contributed by atoms with Crippen molar-refractivity contribution in [3.8, 4) is 11.6 Å². The third-order valence-electron chi connectivity index (χ3n) is 4.84. The lowest BCUT2D eigenvalue weighted by Gasteiger charge is -2.10. The second-order valence-electron chi connectivity index (χ2n) is 7.46. The normalized spacial score (nSPS) is 11.2. The van der Waals surface area contributed by atoms with Gasteiger partial charge in [-0.3, -0.25) is 9.59 Å². The highest BCUT2D eigenvalue weighted by Crippen LogP contribution is 2.28. The summed E-state index contributed by atoms with van der Waals surface area (Å²) in [6.45, 7) is 5.56. The molecule has 0 spiro atoms. The van der Waals surface area contributed by atoms with Crippen LogP contribution in [0.15, 0.2) is 59.0 Å². The van der Waals surface area contributed by atoms with E-state index in [0.717, 1.165) is 10.9 Å². The molecule has 0 fully saturated rings. The van der Waals surface area contributed by atoms with Crippen molar-refractivity contribution in [1.29, 1.82) is 0 Å². The van der Waals surface area contributed by atoms with Crippen molar-refractivity contribution in [3.05, 3.63) is 66.1 Å². The van der Waals surface area contributed by atoms with Crippen LogP contribution in [-0.4, -0.2) is 26.5 Å². The van der Waals surface area contributed by atoms with Gasteiger partial charge in [0.2, 0.25) is 11.8 Å².